The maximum absolute atomic E-state index is 12.5. The van der Waals surface area contributed by atoms with Crippen LogP contribution in [0.5, 0.6) is 0 Å². The van der Waals surface area contributed by atoms with Crippen LogP contribution in [0.4, 0.5) is 13.2 Å². The van der Waals surface area contributed by atoms with Crippen LogP contribution in [0.2, 0.25) is 0 Å². The summed E-state index contributed by atoms with van der Waals surface area (Å²) in [7, 11) is 0. The lowest BCUT2D eigenvalue weighted by molar-refractivity contribution is -0.137. The Kier molecular flexibility index (Phi) is 6.19. The maximum Gasteiger partial charge on any atom is 0.416 e. The monoisotopic (exact) mass is 343 g/mol. The van der Waals surface area contributed by atoms with Gasteiger partial charge in [0.15, 0.2) is 0 Å². The van der Waals surface area contributed by atoms with Crippen LogP contribution in [-0.2, 0) is 11.0 Å². The predicted octanol–water partition coefficient (Wildman–Crippen LogP) is 1.55. The Bertz CT molecular complexity index is 567. The number of rotatable bonds is 5. The number of piperidine rings is 1. The molecule has 1 aromatic carbocycles. The van der Waals surface area contributed by atoms with E-state index in [4.69, 9.17) is 0 Å². The van der Waals surface area contributed by atoms with Crippen molar-refractivity contribution < 1.29 is 22.8 Å². The number of hydrogen-bond acceptors (Lipinski definition) is 3. The Morgan fingerprint density at radius 3 is 2.46 bits per heavy atom. The minimum atomic E-state index is -4.44. The summed E-state index contributed by atoms with van der Waals surface area (Å²) in [5, 5.41) is 8.39. The second kappa shape index (κ2) is 8.14. The number of carbonyl (C=O) groups excluding carboxylic acids is 2. The number of carbonyl (C=O) groups is 2. The van der Waals surface area contributed by atoms with Crippen LogP contribution in [0.15, 0.2) is 24.3 Å². The topological polar surface area (TPSA) is 70.2 Å². The van der Waals surface area contributed by atoms with E-state index in [-0.39, 0.29) is 18.0 Å². The SMILES string of the molecule is O=C(CNC(=O)c1ccc(C(F)(F)F)cc1)NCC1CCCNC1. The van der Waals surface area contributed by atoms with Gasteiger partial charge in [-0.25, -0.2) is 0 Å². The average molecular weight is 343 g/mol. The summed E-state index contributed by atoms with van der Waals surface area (Å²) in [5.41, 5.74) is -0.745. The van der Waals surface area contributed by atoms with Gasteiger partial charge in [0.25, 0.3) is 5.91 Å². The number of halogens is 3. The third-order valence-electron chi connectivity index (χ3n) is 3.87. The molecular formula is C16H20F3N3O2. The van der Waals surface area contributed by atoms with E-state index in [1.807, 2.05) is 0 Å². The first-order valence-corrected chi connectivity index (χ1v) is 7.79. The van der Waals surface area contributed by atoms with Gasteiger partial charge >= 0.3 is 6.18 Å². The molecule has 0 bridgehead atoms. The lowest BCUT2D eigenvalue weighted by Gasteiger charge is -2.22. The minimum Gasteiger partial charge on any atom is -0.354 e. The summed E-state index contributed by atoms with van der Waals surface area (Å²) in [6, 6.07) is 3.85. The van der Waals surface area contributed by atoms with Crippen LogP contribution in [0, 0.1) is 5.92 Å². The molecular weight excluding hydrogens is 323 g/mol. The van der Waals surface area contributed by atoms with Gasteiger partial charge in [-0.1, -0.05) is 0 Å². The molecule has 1 heterocycles. The highest BCUT2D eigenvalue weighted by Gasteiger charge is 2.30. The second-order valence-electron chi connectivity index (χ2n) is 5.77. The van der Waals surface area contributed by atoms with E-state index in [0.29, 0.717) is 12.5 Å². The van der Waals surface area contributed by atoms with Crippen molar-refractivity contribution in [1.29, 1.82) is 0 Å². The van der Waals surface area contributed by atoms with Crippen LogP contribution in [0.3, 0.4) is 0 Å². The molecule has 0 radical (unpaired) electrons. The summed E-state index contributed by atoms with van der Waals surface area (Å²) in [6.07, 6.45) is -2.32. The van der Waals surface area contributed by atoms with E-state index < -0.39 is 17.6 Å². The number of alkyl halides is 3. The molecule has 132 valence electrons. The Morgan fingerprint density at radius 1 is 1.17 bits per heavy atom. The summed E-state index contributed by atoms with van der Waals surface area (Å²) < 4.78 is 37.4. The van der Waals surface area contributed by atoms with Crippen molar-refractivity contribution in [2.45, 2.75) is 19.0 Å². The van der Waals surface area contributed by atoms with E-state index in [0.717, 1.165) is 50.2 Å². The maximum atomic E-state index is 12.5. The molecule has 5 nitrogen and oxygen atoms in total. The largest absolute Gasteiger partial charge is 0.416 e. The first-order valence-electron chi connectivity index (χ1n) is 7.79. The highest BCUT2D eigenvalue weighted by Crippen LogP contribution is 2.29. The number of nitrogens with one attached hydrogen (secondary N) is 3. The molecule has 1 fully saturated rings. The van der Waals surface area contributed by atoms with E-state index >= 15 is 0 Å². The molecule has 8 heteroatoms. The van der Waals surface area contributed by atoms with Gasteiger partial charge in [0.05, 0.1) is 12.1 Å². The zero-order valence-electron chi connectivity index (χ0n) is 13.1. The fraction of sp³-hybridized carbons (Fsp3) is 0.500. The van der Waals surface area contributed by atoms with Crippen molar-refractivity contribution in [3.05, 3.63) is 35.4 Å². The van der Waals surface area contributed by atoms with Gasteiger partial charge in [-0.05, 0) is 56.1 Å². The Morgan fingerprint density at radius 2 is 1.88 bits per heavy atom. The Balaban J connectivity index is 1.74. The molecule has 1 aromatic rings. The van der Waals surface area contributed by atoms with E-state index in [2.05, 4.69) is 16.0 Å². The van der Waals surface area contributed by atoms with E-state index in [9.17, 15) is 22.8 Å². The molecule has 2 amide bonds. The molecule has 1 aliphatic rings. The van der Waals surface area contributed by atoms with Gasteiger partial charge in [0.2, 0.25) is 5.91 Å². The molecule has 3 N–H and O–H groups in total. The standard InChI is InChI=1S/C16H20F3N3O2/c17-16(18,19)13-5-3-12(4-6-13)15(24)22-10-14(23)21-9-11-2-1-7-20-8-11/h3-6,11,20H,1-2,7-10H2,(H,21,23)(H,22,24). The smallest absolute Gasteiger partial charge is 0.354 e. The van der Waals surface area contributed by atoms with E-state index in [1.165, 1.54) is 0 Å². The van der Waals surface area contributed by atoms with Crippen molar-refractivity contribution in [1.82, 2.24) is 16.0 Å². The molecule has 0 saturated carbocycles. The summed E-state index contributed by atoms with van der Waals surface area (Å²) in [4.78, 5) is 23.5. The molecule has 0 aliphatic carbocycles. The van der Waals surface area contributed by atoms with Crippen molar-refractivity contribution >= 4 is 11.8 Å². The van der Waals surface area contributed by atoms with Gasteiger partial charge in [0, 0.05) is 12.1 Å². The highest BCUT2D eigenvalue weighted by atomic mass is 19.4. The second-order valence-corrected chi connectivity index (χ2v) is 5.77. The molecule has 1 aliphatic heterocycles. The molecule has 24 heavy (non-hydrogen) atoms. The van der Waals surface area contributed by atoms with Crippen LogP contribution < -0.4 is 16.0 Å². The van der Waals surface area contributed by atoms with Gasteiger partial charge < -0.3 is 16.0 Å². The zero-order chi connectivity index (χ0) is 17.6. The first kappa shape index (κ1) is 18.3. The first-order chi connectivity index (χ1) is 11.4. The summed E-state index contributed by atoms with van der Waals surface area (Å²) in [5.74, 6) is -0.521. The van der Waals surface area contributed by atoms with Crippen LogP contribution in [-0.4, -0.2) is 38.0 Å². The zero-order valence-corrected chi connectivity index (χ0v) is 13.1. The van der Waals surface area contributed by atoms with Crippen molar-refractivity contribution in [2.24, 2.45) is 5.92 Å². The molecule has 1 atom stereocenters. The number of hydrogen-bond donors (Lipinski definition) is 3. The lowest BCUT2D eigenvalue weighted by Crippen LogP contribution is -2.42. The van der Waals surface area contributed by atoms with Gasteiger partial charge in [0.1, 0.15) is 0 Å². The summed E-state index contributed by atoms with van der Waals surface area (Å²) >= 11 is 0. The predicted molar refractivity (Wildman–Crippen MR) is 82.4 cm³/mol. The normalized spacial score (nSPS) is 18.0. The Labute approximate surface area is 138 Å². The minimum absolute atomic E-state index is 0.0762. The highest BCUT2D eigenvalue weighted by molar-refractivity contribution is 5.96. The number of benzene rings is 1. The molecule has 0 aromatic heterocycles. The quantitative estimate of drug-likeness (QED) is 0.760. The lowest BCUT2D eigenvalue weighted by atomic mass is 10.00. The molecule has 0 spiro atoms. The fourth-order valence-electron chi connectivity index (χ4n) is 2.49. The molecule has 1 unspecified atom stereocenters. The number of amides is 2. The van der Waals surface area contributed by atoms with Gasteiger partial charge in [-0.2, -0.15) is 13.2 Å². The van der Waals surface area contributed by atoms with Gasteiger partial charge in [-0.3, -0.25) is 9.59 Å². The van der Waals surface area contributed by atoms with Gasteiger partial charge in [-0.15, -0.1) is 0 Å². The van der Waals surface area contributed by atoms with Crippen LogP contribution in [0.25, 0.3) is 0 Å². The van der Waals surface area contributed by atoms with Crippen molar-refractivity contribution in [3.8, 4) is 0 Å². The molecule has 1 saturated heterocycles. The third kappa shape index (κ3) is 5.52. The van der Waals surface area contributed by atoms with Crippen molar-refractivity contribution in [3.63, 3.8) is 0 Å². The summed E-state index contributed by atoms with van der Waals surface area (Å²) in [6.45, 7) is 2.19. The Hall–Kier alpha value is -2.09. The third-order valence-corrected chi connectivity index (χ3v) is 3.87. The molecule has 2 rings (SSSR count). The average Bonchev–Trinajstić information content (AvgIpc) is 2.58. The van der Waals surface area contributed by atoms with Crippen LogP contribution in [0.1, 0.15) is 28.8 Å². The fourth-order valence-corrected chi connectivity index (χ4v) is 2.49. The van der Waals surface area contributed by atoms with E-state index in [1.54, 1.807) is 0 Å². The van der Waals surface area contributed by atoms with Crippen LogP contribution >= 0.6 is 0 Å². The van der Waals surface area contributed by atoms with Crippen molar-refractivity contribution in [2.75, 3.05) is 26.2 Å².